The number of carbonyl (C=O) groups is 2. The SMILES string of the molecule is C=c1ccc2c(c1)Oc1cc(C)ccc1C=2c1ccccc1C(=O)O.C=c1ccc2c(c1)Oc1cc(C)ccc1C=2c1ccccc1C(=O)OC.[Cl-].[Cl-]. The van der Waals surface area contributed by atoms with Crippen LogP contribution in [0.5, 0.6) is 23.0 Å². The minimum absolute atomic E-state index is 0. The Morgan fingerprint density at radius 1 is 0.547 bits per heavy atom. The highest BCUT2D eigenvalue weighted by molar-refractivity contribution is 5.99. The molecular formula is C45H34Cl2O6-2. The molecular weight excluding hydrogens is 707 g/mol. The van der Waals surface area contributed by atoms with Crippen molar-refractivity contribution in [3.05, 3.63) is 187 Å². The van der Waals surface area contributed by atoms with E-state index in [1.54, 1.807) is 18.2 Å². The van der Waals surface area contributed by atoms with Gasteiger partial charge in [0.05, 0.1) is 18.2 Å². The van der Waals surface area contributed by atoms with Crippen molar-refractivity contribution in [2.24, 2.45) is 0 Å². The van der Waals surface area contributed by atoms with Crippen molar-refractivity contribution < 1.29 is 53.7 Å². The third kappa shape index (κ3) is 7.33. The summed E-state index contributed by atoms with van der Waals surface area (Å²) in [7, 11) is 1.40. The molecule has 8 heteroatoms. The van der Waals surface area contributed by atoms with Gasteiger partial charge in [-0.15, -0.1) is 0 Å². The molecule has 0 saturated carbocycles. The van der Waals surface area contributed by atoms with E-state index in [1.807, 2.05) is 117 Å². The predicted molar refractivity (Wildman–Crippen MR) is 199 cm³/mol. The van der Waals surface area contributed by atoms with Crippen molar-refractivity contribution in [1.82, 2.24) is 0 Å². The van der Waals surface area contributed by atoms with E-state index in [0.29, 0.717) is 16.9 Å². The summed E-state index contributed by atoms with van der Waals surface area (Å²) >= 11 is 0. The zero-order valence-electron chi connectivity index (χ0n) is 29.2. The number of aryl methyl sites for hydroxylation is 2. The second-order valence-electron chi connectivity index (χ2n) is 12.5. The van der Waals surface area contributed by atoms with Gasteiger partial charge in [-0.3, -0.25) is 0 Å². The van der Waals surface area contributed by atoms with E-state index in [9.17, 15) is 14.7 Å². The van der Waals surface area contributed by atoms with Crippen LogP contribution in [0.4, 0.5) is 0 Å². The first kappa shape index (κ1) is 38.2. The monoisotopic (exact) mass is 740 g/mol. The summed E-state index contributed by atoms with van der Waals surface area (Å²) in [5, 5.41) is 13.2. The first-order valence-corrected chi connectivity index (χ1v) is 16.4. The molecule has 0 spiro atoms. The topological polar surface area (TPSA) is 82.1 Å². The van der Waals surface area contributed by atoms with E-state index < -0.39 is 5.97 Å². The number of benzene rings is 6. The van der Waals surface area contributed by atoms with Crippen LogP contribution in [0.3, 0.4) is 0 Å². The summed E-state index contributed by atoms with van der Waals surface area (Å²) in [5.74, 6) is 1.64. The smallest absolute Gasteiger partial charge is 0.338 e. The number of rotatable bonds is 4. The van der Waals surface area contributed by atoms with Gasteiger partial charge in [-0.25, -0.2) is 9.59 Å². The average molecular weight is 742 g/mol. The summed E-state index contributed by atoms with van der Waals surface area (Å²) in [4.78, 5) is 24.1. The minimum Gasteiger partial charge on any atom is -1.00 e. The van der Waals surface area contributed by atoms with Crippen molar-refractivity contribution in [1.29, 1.82) is 0 Å². The number of methoxy groups -OCH3 is 1. The highest BCUT2D eigenvalue weighted by Gasteiger charge is 2.25. The van der Waals surface area contributed by atoms with Gasteiger partial charge in [-0.1, -0.05) is 98.1 Å². The number of carbonyl (C=O) groups excluding carboxylic acids is 1. The van der Waals surface area contributed by atoms with E-state index >= 15 is 0 Å². The molecule has 8 rings (SSSR count). The van der Waals surface area contributed by atoms with E-state index in [-0.39, 0.29) is 36.3 Å². The number of fused-ring (bicyclic) bond motifs is 4. The lowest BCUT2D eigenvalue weighted by atomic mass is 9.89. The molecule has 0 fully saturated rings. The molecule has 2 aliphatic heterocycles. The fourth-order valence-electron chi connectivity index (χ4n) is 6.54. The van der Waals surface area contributed by atoms with Gasteiger partial charge >= 0.3 is 11.9 Å². The fraction of sp³-hybridized carbons (Fsp3) is 0.0667. The molecule has 0 aliphatic carbocycles. The van der Waals surface area contributed by atoms with Gasteiger partial charge in [0.1, 0.15) is 23.0 Å². The normalized spacial score (nSPS) is 11.6. The molecule has 2 aliphatic rings. The van der Waals surface area contributed by atoms with Crippen molar-refractivity contribution in [2.45, 2.75) is 13.8 Å². The van der Waals surface area contributed by atoms with Gasteiger partial charge in [0.25, 0.3) is 0 Å². The Hall–Kier alpha value is -6.08. The molecule has 6 aromatic carbocycles. The maximum atomic E-state index is 12.3. The number of carboxylic acids is 1. The number of hydrogen-bond donors (Lipinski definition) is 1. The van der Waals surface area contributed by atoms with Gasteiger partial charge in [0.15, 0.2) is 0 Å². The van der Waals surface area contributed by atoms with Crippen LogP contribution in [0.1, 0.15) is 54.1 Å². The largest absolute Gasteiger partial charge is 1.00 e. The van der Waals surface area contributed by atoms with Crippen LogP contribution in [0, 0.1) is 13.8 Å². The summed E-state index contributed by atoms with van der Waals surface area (Å²) in [5.41, 5.74) is 8.18. The van der Waals surface area contributed by atoms with Crippen LogP contribution in [-0.4, -0.2) is 24.2 Å². The highest BCUT2D eigenvalue weighted by atomic mass is 35.5. The molecule has 0 unspecified atom stereocenters. The molecule has 6 aromatic rings. The number of hydrogen-bond acceptors (Lipinski definition) is 5. The third-order valence-corrected chi connectivity index (χ3v) is 8.91. The van der Waals surface area contributed by atoms with Gasteiger partial charge in [0.2, 0.25) is 0 Å². The Bertz CT molecular complexity index is 2650. The molecule has 0 aromatic heterocycles. The molecule has 0 saturated heterocycles. The third-order valence-electron chi connectivity index (χ3n) is 8.91. The standard InChI is InChI=1S/C23H18O3.C22H16O3.2ClH/c1-14-8-10-18-20(12-14)26-21-13-15(2)9-11-19(21)22(18)16-6-4-5-7-17(16)23(24)25-3;1-13-7-9-17-19(11-13)25-20-12-14(2)8-10-18(20)21(17)15-5-3-4-6-16(15)22(23)24;;/h4-13H,1H2,2-3H3;3-12H,1H2,2H3,(H,23,24);2*1H/p-2. The summed E-state index contributed by atoms with van der Waals surface area (Å²) < 4.78 is 17.2. The Morgan fingerprint density at radius 3 is 1.43 bits per heavy atom. The van der Waals surface area contributed by atoms with Crippen LogP contribution in [0.2, 0.25) is 0 Å². The number of ether oxygens (including phenoxy) is 3. The molecule has 266 valence electrons. The zero-order valence-corrected chi connectivity index (χ0v) is 30.7. The number of aromatic carboxylic acids is 1. The fourth-order valence-corrected chi connectivity index (χ4v) is 6.54. The summed E-state index contributed by atoms with van der Waals surface area (Å²) in [6.07, 6.45) is 0. The molecule has 6 nitrogen and oxygen atoms in total. The molecule has 0 radical (unpaired) electrons. The lowest BCUT2D eigenvalue weighted by molar-refractivity contribution is -0.00100. The molecule has 0 atom stereocenters. The molecule has 0 amide bonds. The molecule has 1 N–H and O–H groups in total. The highest BCUT2D eigenvalue weighted by Crippen LogP contribution is 2.39. The van der Waals surface area contributed by atoms with Crippen LogP contribution in [0.15, 0.2) is 121 Å². The number of halogens is 2. The zero-order chi connectivity index (χ0) is 35.8. The molecule has 53 heavy (non-hydrogen) atoms. The van der Waals surface area contributed by atoms with E-state index in [0.717, 1.165) is 77.1 Å². The number of carboxylic acid groups (broad SMARTS) is 1. The van der Waals surface area contributed by atoms with Crippen LogP contribution >= 0.6 is 0 Å². The molecule has 2 heterocycles. The van der Waals surface area contributed by atoms with Gasteiger partial charge in [0, 0.05) is 32.7 Å². The molecule has 0 bridgehead atoms. The maximum absolute atomic E-state index is 12.3. The Morgan fingerprint density at radius 2 is 0.981 bits per heavy atom. The van der Waals surface area contributed by atoms with Gasteiger partial charge < -0.3 is 44.1 Å². The second-order valence-corrected chi connectivity index (χ2v) is 12.5. The van der Waals surface area contributed by atoms with Crippen LogP contribution in [-0.2, 0) is 4.74 Å². The Kier molecular flexibility index (Phi) is 11.3. The quantitative estimate of drug-likeness (QED) is 0.272. The predicted octanol–water partition coefficient (Wildman–Crippen LogP) is 1.01. The first-order valence-electron chi connectivity index (χ1n) is 16.4. The average Bonchev–Trinajstić information content (AvgIpc) is 3.12. The van der Waals surface area contributed by atoms with Crippen molar-refractivity contribution in [3.63, 3.8) is 0 Å². The summed E-state index contributed by atoms with van der Waals surface area (Å²) in [6, 6.07) is 38.2. The van der Waals surface area contributed by atoms with Crippen LogP contribution in [0.25, 0.3) is 24.3 Å². The van der Waals surface area contributed by atoms with E-state index in [4.69, 9.17) is 14.2 Å². The van der Waals surface area contributed by atoms with Gasteiger partial charge in [-0.2, -0.15) is 0 Å². The number of esters is 1. The van der Waals surface area contributed by atoms with E-state index in [1.165, 1.54) is 7.11 Å². The second kappa shape index (κ2) is 15.7. The Labute approximate surface area is 319 Å². The lowest BCUT2D eigenvalue weighted by Gasteiger charge is -2.22. The van der Waals surface area contributed by atoms with Crippen molar-refractivity contribution >= 4 is 36.2 Å². The van der Waals surface area contributed by atoms with Crippen molar-refractivity contribution in [2.75, 3.05) is 7.11 Å². The minimum atomic E-state index is -0.946. The first-order chi connectivity index (χ1) is 24.6. The van der Waals surface area contributed by atoms with Crippen molar-refractivity contribution in [3.8, 4) is 23.0 Å². The maximum Gasteiger partial charge on any atom is 0.338 e. The van der Waals surface area contributed by atoms with Gasteiger partial charge in [-0.05, 0) is 82.9 Å². The van der Waals surface area contributed by atoms with E-state index in [2.05, 4.69) is 13.2 Å². The Balaban J connectivity index is 0.000000197. The van der Waals surface area contributed by atoms with Crippen LogP contribution < -0.4 is 55.2 Å². The lowest BCUT2D eigenvalue weighted by Crippen LogP contribution is -3.00. The summed E-state index contributed by atoms with van der Waals surface area (Å²) in [6.45, 7) is 12.0.